The summed E-state index contributed by atoms with van der Waals surface area (Å²) in [6.45, 7) is -0.0819. The zero-order chi connectivity index (χ0) is 17.1. The van der Waals surface area contributed by atoms with Crippen LogP contribution in [0, 0.1) is 32.1 Å². The molecule has 2 N–H and O–H groups in total. The molecule has 0 aromatic rings. The van der Waals surface area contributed by atoms with Crippen LogP contribution in [0.5, 0.6) is 0 Å². The lowest BCUT2D eigenvalue weighted by Crippen LogP contribution is -2.42. The number of aliphatic hydroxyl groups excluding tert-OH is 1. The second-order valence-electron chi connectivity index (χ2n) is 5.73. The van der Waals surface area contributed by atoms with E-state index in [1.54, 1.807) is 0 Å². The Hall–Kier alpha value is -2.30. The van der Waals surface area contributed by atoms with Crippen molar-refractivity contribution in [2.75, 3.05) is 26.2 Å². The summed E-state index contributed by atoms with van der Waals surface area (Å²) in [5.41, 5.74) is 0. The molecule has 0 radical (unpaired) electrons. The molecule has 0 heterocycles. The van der Waals surface area contributed by atoms with Crippen LogP contribution in [0.25, 0.3) is 0 Å². The number of nitrogens with zero attached hydrogens (tertiary/aromatic N) is 3. The number of aliphatic hydroxyl groups is 1. The van der Waals surface area contributed by atoms with Gasteiger partial charge < -0.3 is 15.3 Å². The van der Waals surface area contributed by atoms with Crippen LogP contribution in [-0.4, -0.2) is 70.0 Å². The molecule has 2 rings (SSSR count). The molecule has 23 heavy (non-hydrogen) atoms. The number of amides is 2. The van der Waals surface area contributed by atoms with Gasteiger partial charge in [0.2, 0.25) is 23.9 Å². The highest BCUT2D eigenvalue weighted by atomic mass is 16.6. The number of hydrogen-bond acceptors (Lipinski definition) is 7. The number of nitrogens with one attached hydrogen (secondary N) is 1. The van der Waals surface area contributed by atoms with E-state index < -0.39 is 45.6 Å². The first-order valence-corrected chi connectivity index (χ1v) is 7.31. The van der Waals surface area contributed by atoms with Gasteiger partial charge in [-0.25, -0.2) is 0 Å². The highest BCUT2D eigenvalue weighted by Gasteiger charge is 2.55. The molecule has 2 aliphatic carbocycles. The smallest absolute Gasteiger partial charge is 0.233 e. The van der Waals surface area contributed by atoms with Crippen molar-refractivity contribution in [3.05, 3.63) is 20.2 Å². The summed E-state index contributed by atoms with van der Waals surface area (Å²) in [5.74, 6) is -2.15. The van der Waals surface area contributed by atoms with Crippen LogP contribution < -0.4 is 5.32 Å². The molecule has 0 spiro atoms. The van der Waals surface area contributed by atoms with E-state index in [-0.39, 0.29) is 39.1 Å². The SMILES string of the molecule is O=C(NCCN(CCO)C(=O)[C@@H]1C[C@@H]1[N+](=O)[O-])[C@H]1C[C@H]1[N+](=O)[O-]. The first-order valence-electron chi connectivity index (χ1n) is 7.31. The molecule has 0 aromatic carbocycles. The molecule has 2 amide bonds. The molecule has 0 aromatic heterocycles. The second kappa shape index (κ2) is 6.86. The van der Waals surface area contributed by atoms with Crippen LogP contribution >= 0.6 is 0 Å². The number of carbonyl (C=O) groups is 2. The van der Waals surface area contributed by atoms with Crippen molar-refractivity contribution in [1.82, 2.24) is 10.2 Å². The Bertz CT molecular complexity index is 526. The lowest BCUT2D eigenvalue weighted by atomic mass is 10.3. The van der Waals surface area contributed by atoms with Crippen molar-refractivity contribution in [2.24, 2.45) is 11.8 Å². The van der Waals surface area contributed by atoms with Crippen molar-refractivity contribution in [1.29, 1.82) is 0 Å². The standard InChI is InChI=1S/C12H18N4O7/c17-4-3-14(12(19)8-6-10(8)16(22)23)2-1-13-11(18)7-5-9(7)15(20)21/h7-10,17H,1-6H2,(H,13,18)/t7-,8+,9+,10-/m0/s1. The third-order valence-electron chi connectivity index (χ3n) is 4.07. The Morgan fingerprint density at radius 2 is 1.65 bits per heavy atom. The highest BCUT2D eigenvalue weighted by Crippen LogP contribution is 2.35. The first-order chi connectivity index (χ1) is 10.9. The van der Waals surface area contributed by atoms with E-state index in [0.717, 1.165) is 0 Å². The summed E-state index contributed by atoms with van der Waals surface area (Å²) in [4.78, 5) is 45.1. The molecule has 11 nitrogen and oxygen atoms in total. The van der Waals surface area contributed by atoms with Gasteiger partial charge in [0.25, 0.3) is 0 Å². The quantitative estimate of drug-likeness (QED) is 0.375. The number of rotatable bonds is 9. The monoisotopic (exact) mass is 330 g/mol. The summed E-state index contributed by atoms with van der Waals surface area (Å²) in [7, 11) is 0. The number of carbonyl (C=O) groups excluding carboxylic acids is 2. The van der Waals surface area contributed by atoms with Gasteiger partial charge in [-0.2, -0.15) is 0 Å². The third kappa shape index (κ3) is 4.12. The van der Waals surface area contributed by atoms with Crippen LogP contribution in [-0.2, 0) is 9.59 Å². The molecule has 4 atom stereocenters. The van der Waals surface area contributed by atoms with Crippen LogP contribution in [0.2, 0.25) is 0 Å². The molecule has 0 bridgehead atoms. The topological polar surface area (TPSA) is 156 Å². The van der Waals surface area contributed by atoms with E-state index in [9.17, 15) is 29.8 Å². The Labute approximate surface area is 130 Å². The molecular formula is C12H18N4O7. The fourth-order valence-electron chi connectivity index (χ4n) is 2.51. The molecular weight excluding hydrogens is 312 g/mol. The molecule has 11 heteroatoms. The minimum atomic E-state index is -0.870. The first kappa shape index (κ1) is 17.1. The normalized spacial score (nSPS) is 27.9. The Kier molecular flexibility index (Phi) is 5.08. The Balaban J connectivity index is 1.75. The average molecular weight is 330 g/mol. The van der Waals surface area contributed by atoms with E-state index in [4.69, 9.17) is 5.11 Å². The molecule has 0 aliphatic heterocycles. The van der Waals surface area contributed by atoms with Gasteiger partial charge in [-0.15, -0.1) is 0 Å². The largest absolute Gasteiger partial charge is 0.395 e. The minimum absolute atomic E-state index is 0.0244. The third-order valence-corrected chi connectivity index (χ3v) is 4.07. The molecule has 2 fully saturated rings. The van der Waals surface area contributed by atoms with E-state index in [1.807, 2.05) is 0 Å². The number of hydrogen-bond donors (Lipinski definition) is 2. The van der Waals surface area contributed by atoms with Gasteiger partial charge in [0.05, 0.1) is 6.61 Å². The van der Waals surface area contributed by atoms with E-state index >= 15 is 0 Å². The summed E-state index contributed by atoms with van der Waals surface area (Å²) in [5, 5.41) is 32.6. The molecule has 0 saturated heterocycles. The van der Waals surface area contributed by atoms with E-state index in [0.29, 0.717) is 0 Å². The molecule has 128 valence electrons. The second-order valence-corrected chi connectivity index (χ2v) is 5.73. The van der Waals surface area contributed by atoms with Crippen molar-refractivity contribution in [3.8, 4) is 0 Å². The van der Waals surface area contributed by atoms with Crippen LogP contribution in [0.1, 0.15) is 12.8 Å². The van der Waals surface area contributed by atoms with E-state index in [2.05, 4.69) is 5.32 Å². The van der Waals surface area contributed by atoms with Gasteiger partial charge in [0, 0.05) is 42.3 Å². The van der Waals surface area contributed by atoms with Crippen molar-refractivity contribution in [2.45, 2.75) is 24.9 Å². The lowest BCUT2D eigenvalue weighted by molar-refractivity contribution is -0.497. The molecule has 0 unspecified atom stereocenters. The fraction of sp³-hybridized carbons (Fsp3) is 0.833. The van der Waals surface area contributed by atoms with Crippen molar-refractivity contribution < 1.29 is 24.5 Å². The summed E-state index contributed by atoms with van der Waals surface area (Å²) < 4.78 is 0. The molecule has 2 aliphatic rings. The van der Waals surface area contributed by atoms with Crippen LogP contribution in [0.4, 0.5) is 0 Å². The van der Waals surface area contributed by atoms with Gasteiger partial charge in [-0.1, -0.05) is 0 Å². The van der Waals surface area contributed by atoms with Gasteiger partial charge in [0.15, 0.2) is 0 Å². The number of nitro groups is 2. The Morgan fingerprint density at radius 1 is 1.09 bits per heavy atom. The average Bonchev–Trinajstić information content (AvgIpc) is 3.37. The maximum absolute atomic E-state index is 12.1. The maximum Gasteiger partial charge on any atom is 0.233 e. The van der Waals surface area contributed by atoms with Gasteiger partial charge in [0.1, 0.15) is 11.8 Å². The summed E-state index contributed by atoms with van der Waals surface area (Å²) in [6.07, 6.45) is 0.400. The predicted octanol–water partition coefficient (Wildman–Crippen LogP) is -1.75. The van der Waals surface area contributed by atoms with Crippen LogP contribution in [0.3, 0.4) is 0 Å². The minimum Gasteiger partial charge on any atom is -0.395 e. The predicted molar refractivity (Wildman–Crippen MR) is 74.5 cm³/mol. The fourth-order valence-corrected chi connectivity index (χ4v) is 2.51. The maximum atomic E-state index is 12.1. The van der Waals surface area contributed by atoms with Gasteiger partial charge >= 0.3 is 0 Å². The van der Waals surface area contributed by atoms with Crippen LogP contribution in [0.15, 0.2) is 0 Å². The van der Waals surface area contributed by atoms with Crippen molar-refractivity contribution in [3.63, 3.8) is 0 Å². The highest BCUT2D eigenvalue weighted by molar-refractivity contribution is 5.83. The Morgan fingerprint density at radius 3 is 2.13 bits per heavy atom. The zero-order valence-corrected chi connectivity index (χ0v) is 12.3. The van der Waals surface area contributed by atoms with E-state index in [1.165, 1.54) is 4.90 Å². The van der Waals surface area contributed by atoms with Crippen molar-refractivity contribution >= 4 is 11.8 Å². The van der Waals surface area contributed by atoms with Gasteiger partial charge in [-0.05, 0) is 0 Å². The molecule has 2 saturated carbocycles. The zero-order valence-electron chi connectivity index (χ0n) is 12.3. The summed E-state index contributed by atoms with van der Waals surface area (Å²) in [6, 6.07) is -1.71. The lowest BCUT2D eigenvalue weighted by Gasteiger charge is -2.21. The summed E-state index contributed by atoms with van der Waals surface area (Å²) >= 11 is 0. The van der Waals surface area contributed by atoms with Gasteiger partial charge in [-0.3, -0.25) is 29.8 Å².